The lowest BCUT2D eigenvalue weighted by atomic mass is 9.97. The Kier molecular flexibility index (Phi) is 12.8. The maximum atomic E-state index is 13.3. The smallest absolute Gasteiger partial charge is 0.338 e. The standard InChI is InChI=1S/C31H32Br2O8/c32-16-18-37-26-25(21-36-20-22-10-4-1-5-11-22)39-31(38-19-17-33)28(41-30(35)24-14-8-3-9-15-24)27(26)40-29(34)23-12-6-2-7-13-23/h1-15,25-28,31H,16-21H2/t25-,26-,27+,28-,31+/m1/s1. The highest BCUT2D eigenvalue weighted by atomic mass is 79.9. The van der Waals surface area contributed by atoms with Crippen molar-refractivity contribution in [2.75, 3.05) is 30.5 Å². The number of hydrogen-bond donors (Lipinski definition) is 0. The van der Waals surface area contributed by atoms with Gasteiger partial charge in [0.1, 0.15) is 12.2 Å². The maximum absolute atomic E-state index is 13.3. The highest BCUT2D eigenvalue weighted by Crippen LogP contribution is 2.31. The van der Waals surface area contributed by atoms with Gasteiger partial charge in [0.15, 0.2) is 18.5 Å². The lowest BCUT2D eigenvalue weighted by Crippen LogP contribution is -2.62. The molecule has 0 radical (unpaired) electrons. The van der Waals surface area contributed by atoms with E-state index in [1.54, 1.807) is 54.6 Å². The third kappa shape index (κ3) is 9.19. The molecule has 8 nitrogen and oxygen atoms in total. The van der Waals surface area contributed by atoms with Crippen LogP contribution in [-0.4, -0.2) is 73.1 Å². The van der Waals surface area contributed by atoms with Crippen LogP contribution < -0.4 is 0 Å². The molecule has 0 unspecified atom stereocenters. The molecule has 1 aliphatic heterocycles. The molecule has 41 heavy (non-hydrogen) atoms. The van der Waals surface area contributed by atoms with Crippen LogP contribution in [0.2, 0.25) is 0 Å². The first-order chi connectivity index (χ1) is 20.1. The van der Waals surface area contributed by atoms with Crippen molar-refractivity contribution in [2.45, 2.75) is 37.3 Å². The highest BCUT2D eigenvalue weighted by Gasteiger charge is 2.52. The first kappa shape index (κ1) is 31.3. The molecule has 0 aromatic heterocycles. The predicted octanol–water partition coefficient (Wildman–Crippen LogP) is 5.57. The molecule has 0 N–H and O–H groups in total. The van der Waals surface area contributed by atoms with E-state index in [0.717, 1.165) is 5.56 Å². The summed E-state index contributed by atoms with van der Waals surface area (Å²) in [6.07, 6.45) is -4.76. The van der Waals surface area contributed by atoms with Crippen LogP contribution in [0.4, 0.5) is 0 Å². The Morgan fingerprint density at radius 3 is 1.73 bits per heavy atom. The number of carbonyl (C=O) groups is 2. The van der Waals surface area contributed by atoms with Gasteiger partial charge in [0.25, 0.3) is 0 Å². The van der Waals surface area contributed by atoms with E-state index in [-0.39, 0.29) is 19.8 Å². The Bertz CT molecular complexity index is 1200. The van der Waals surface area contributed by atoms with Crippen molar-refractivity contribution >= 4 is 43.8 Å². The number of alkyl halides is 2. The summed E-state index contributed by atoms with van der Waals surface area (Å²) in [6, 6.07) is 26.9. The van der Waals surface area contributed by atoms with Crippen molar-refractivity contribution in [1.29, 1.82) is 0 Å². The van der Waals surface area contributed by atoms with Crippen molar-refractivity contribution in [3.05, 3.63) is 108 Å². The third-order valence-corrected chi connectivity index (χ3v) is 6.88. The van der Waals surface area contributed by atoms with E-state index in [2.05, 4.69) is 31.9 Å². The van der Waals surface area contributed by atoms with Crippen LogP contribution in [0.5, 0.6) is 0 Å². The summed E-state index contributed by atoms with van der Waals surface area (Å²) in [6.45, 7) is 1.01. The first-order valence-corrected chi connectivity index (χ1v) is 15.5. The summed E-state index contributed by atoms with van der Waals surface area (Å²) in [5.41, 5.74) is 1.68. The quantitative estimate of drug-likeness (QED) is 0.160. The Labute approximate surface area is 256 Å². The Morgan fingerprint density at radius 1 is 0.659 bits per heavy atom. The highest BCUT2D eigenvalue weighted by molar-refractivity contribution is 9.09. The van der Waals surface area contributed by atoms with Gasteiger partial charge in [-0.2, -0.15) is 0 Å². The van der Waals surface area contributed by atoms with Gasteiger partial charge in [-0.05, 0) is 29.8 Å². The number of rotatable bonds is 14. The molecule has 5 atom stereocenters. The van der Waals surface area contributed by atoms with Gasteiger partial charge in [0.05, 0.1) is 37.6 Å². The average Bonchev–Trinajstić information content (AvgIpc) is 3.02. The van der Waals surface area contributed by atoms with Crippen LogP contribution in [0, 0.1) is 0 Å². The van der Waals surface area contributed by atoms with E-state index >= 15 is 0 Å². The molecule has 0 saturated carbocycles. The van der Waals surface area contributed by atoms with E-state index in [0.29, 0.717) is 28.4 Å². The zero-order chi connectivity index (χ0) is 28.9. The topological polar surface area (TPSA) is 89.5 Å². The van der Waals surface area contributed by atoms with Crippen LogP contribution >= 0.6 is 31.9 Å². The van der Waals surface area contributed by atoms with E-state index in [1.165, 1.54) is 0 Å². The van der Waals surface area contributed by atoms with E-state index < -0.39 is 42.6 Å². The summed E-state index contributed by atoms with van der Waals surface area (Å²) >= 11 is 6.77. The minimum atomic E-state index is -1.12. The zero-order valence-corrected chi connectivity index (χ0v) is 25.5. The fourth-order valence-electron chi connectivity index (χ4n) is 4.35. The Morgan fingerprint density at radius 2 is 1.17 bits per heavy atom. The molecule has 1 heterocycles. The van der Waals surface area contributed by atoms with E-state index in [1.807, 2.05) is 36.4 Å². The number of benzene rings is 3. The summed E-state index contributed by atoms with van der Waals surface area (Å²) in [4.78, 5) is 26.5. The molecule has 0 bridgehead atoms. The lowest BCUT2D eigenvalue weighted by molar-refractivity contribution is -0.306. The second-order valence-electron chi connectivity index (χ2n) is 9.10. The molecule has 3 aromatic carbocycles. The van der Waals surface area contributed by atoms with Gasteiger partial charge in [-0.1, -0.05) is 98.6 Å². The molecule has 1 fully saturated rings. The molecule has 218 valence electrons. The fraction of sp³-hybridized carbons (Fsp3) is 0.355. The molecule has 0 amide bonds. The Hall–Kier alpha value is -2.60. The summed E-state index contributed by atoms with van der Waals surface area (Å²) in [5, 5.41) is 1.04. The summed E-state index contributed by atoms with van der Waals surface area (Å²) in [5.74, 6) is -1.20. The van der Waals surface area contributed by atoms with Crippen molar-refractivity contribution in [1.82, 2.24) is 0 Å². The minimum absolute atomic E-state index is 0.120. The van der Waals surface area contributed by atoms with Gasteiger partial charge in [0, 0.05) is 10.7 Å². The zero-order valence-electron chi connectivity index (χ0n) is 22.3. The predicted molar refractivity (Wildman–Crippen MR) is 159 cm³/mol. The molecular weight excluding hydrogens is 660 g/mol. The van der Waals surface area contributed by atoms with Gasteiger partial charge >= 0.3 is 11.9 Å². The van der Waals surface area contributed by atoms with Gasteiger partial charge < -0.3 is 28.4 Å². The molecule has 0 aliphatic carbocycles. The number of carbonyl (C=O) groups excluding carboxylic acids is 2. The second kappa shape index (κ2) is 16.7. The second-order valence-corrected chi connectivity index (χ2v) is 10.7. The van der Waals surface area contributed by atoms with Crippen molar-refractivity contribution < 1.29 is 38.0 Å². The van der Waals surface area contributed by atoms with E-state index in [9.17, 15) is 9.59 Å². The average molecular weight is 692 g/mol. The van der Waals surface area contributed by atoms with Crippen molar-refractivity contribution in [3.8, 4) is 0 Å². The normalized spacial score (nSPS) is 22.1. The van der Waals surface area contributed by atoms with Crippen LogP contribution in [0.25, 0.3) is 0 Å². The van der Waals surface area contributed by atoms with Gasteiger partial charge in [-0.25, -0.2) is 9.59 Å². The van der Waals surface area contributed by atoms with Crippen molar-refractivity contribution in [3.63, 3.8) is 0 Å². The largest absolute Gasteiger partial charge is 0.452 e. The fourth-order valence-corrected chi connectivity index (χ4v) is 4.72. The van der Waals surface area contributed by atoms with Gasteiger partial charge in [0.2, 0.25) is 0 Å². The SMILES string of the molecule is O=C(O[C@@H]1[C@@H](OC(=O)c2ccccc2)[C@@H](OCCBr)O[C@H](COCc2ccccc2)[C@H]1OCCBr)c1ccccc1. The molecule has 4 rings (SSSR count). The van der Waals surface area contributed by atoms with Gasteiger partial charge in [-0.15, -0.1) is 0 Å². The van der Waals surface area contributed by atoms with Crippen molar-refractivity contribution in [2.24, 2.45) is 0 Å². The van der Waals surface area contributed by atoms with Crippen LogP contribution in [-0.2, 0) is 35.0 Å². The number of ether oxygens (including phenoxy) is 6. The monoisotopic (exact) mass is 690 g/mol. The molecular formula is C31H32Br2O8. The molecule has 10 heteroatoms. The van der Waals surface area contributed by atoms with Gasteiger partial charge in [-0.3, -0.25) is 0 Å². The number of hydrogen-bond acceptors (Lipinski definition) is 8. The maximum Gasteiger partial charge on any atom is 0.338 e. The molecule has 0 spiro atoms. The molecule has 1 saturated heterocycles. The summed E-state index contributed by atoms with van der Waals surface area (Å²) in [7, 11) is 0. The summed E-state index contributed by atoms with van der Waals surface area (Å²) < 4.78 is 36.5. The molecule has 1 aliphatic rings. The lowest BCUT2D eigenvalue weighted by Gasteiger charge is -2.44. The third-order valence-electron chi connectivity index (χ3n) is 6.24. The van der Waals surface area contributed by atoms with Crippen LogP contribution in [0.15, 0.2) is 91.0 Å². The molecule has 3 aromatic rings. The first-order valence-electron chi connectivity index (χ1n) is 13.2. The van der Waals surface area contributed by atoms with Crippen LogP contribution in [0.1, 0.15) is 26.3 Å². The van der Waals surface area contributed by atoms with E-state index in [4.69, 9.17) is 28.4 Å². The number of esters is 2. The Balaban J connectivity index is 1.64. The minimum Gasteiger partial charge on any atom is -0.452 e. The number of halogens is 2. The van der Waals surface area contributed by atoms with Crippen LogP contribution in [0.3, 0.4) is 0 Å².